The molecule has 1 N–H and O–H groups in total. The van der Waals surface area contributed by atoms with E-state index in [2.05, 4.69) is 0 Å². The van der Waals surface area contributed by atoms with E-state index in [9.17, 15) is 19.5 Å². The van der Waals surface area contributed by atoms with Gasteiger partial charge in [-0.15, -0.1) is 0 Å². The summed E-state index contributed by atoms with van der Waals surface area (Å²) in [7, 11) is 0. The first-order valence-corrected chi connectivity index (χ1v) is 13.2. The van der Waals surface area contributed by atoms with Gasteiger partial charge in [0, 0.05) is 17.3 Å². The number of benzene rings is 1. The number of amides is 2. The maximum absolute atomic E-state index is 14.4. The fourth-order valence-electron chi connectivity index (χ4n) is 6.49. The molecule has 2 fully saturated rings. The van der Waals surface area contributed by atoms with Crippen LogP contribution in [0.4, 0.5) is 5.69 Å². The van der Waals surface area contributed by atoms with Crippen LogP contribution in [-0.4, -0.2) is 70.8 Å². The lowest BCUT2D eigenvalue weighted by atomic mass is 9.74. The quantitative estimate of drug-likeness (QED) is 0.466. The van der Waals surface area contributed by atoms with Crippen molar-refractivity contribution in [3.8, 4) is 0 Å². The molecular weight excluding hydrogens is 496 g/mol. The molecule has 198 valence electrons. The minimum Gasteiger partial charge on any atom is -0.465 e. The number of hydrogen-bond donors (Lipinski definition) is 1. The SMILES string of the molecule is CC(C)C[C@H](CO)N1C(=O)[C@@H]2[C@H]3C(=O)OCCC=C[C@@]3(C)O[C@@]23C=CCN(c2ccc(Cl)cc2)C(=O)C13. The van der Waals surface area contributed by atoms with Gasteiger partial charge in [0.2, 0.25) is 5.91 Å². The molecule has 8 nitrogen and oxygen atoms in total. The van der Waals surface area contributed by atoms with Crippen molar-refractivity contribution >= 4 is 35.1 Å². The van der Waals surface area contributed by atoms with Gasteiger partial charge in [-0.1, -0.05) is 49.8 Å². The van der Waals surface area contributed by atoms with Gasteiger partial charge in [0.15, 0.2) is 0 Å². The Morgan fingerprint density at radius 1 is 1.08 bits per heavy atom. The number of likely N-dealkylation sites (tertiary alicyclic amines) is 1. The molecule has 0 radical (unpaired) electrons. The largest absolute Gasteiger partial charge is 0.465 e. The molecule has 0 aromatic heterocycles. The Kier molecular flexibility index (Phi) is 6.71. The number of hydrogen-bond acceptors (Lipinski definition) is 6. The van der Waals surface area contributed by atoms with E-state index in [1.54, 1.807) is 42.2 Å². The smallest absolute Gasteiger partial charge is 0.313 e. The van der Waals surface area contributed by atoms with Crippen molar-refractivity contribution < 1.29 is 29.0 Å². The van der Waals surface area contributed by atoms with Gasteiger partial charge >= 0.3 is 5.97 Å². The lowest BCUT2D eigenvalue weighted by Crippen LogP contribution is -2.59. The minimum absolute atomic E-state index is 0.158. The van der Waals surface area contributed by atoms with Crippen LogP contribution in [0.15, 0.2) is 48.6 Å². The summed E-state index contributed by atoms with van der Waals surface area (Å²) >= 11 is 6.09. The summed E-state index contributed by atoms with van der Waals surface area (Å²) in [4.78, 5) is 45.1. The normalized spacial score (nSPS) is 34.0. The van der Waals surface area contributed by atoms with Crippen LogP contribution in [0.1, 0.15) is 33.6 Å². The second-order valence-electron chi connectivity index (χ2n) is 10.9. The highest BCUT2D eigenvalue weighted by Gasteiger charge is 2.75. The molecule has 2 amide bonds. The van der Waals surface area contributed by atoms with Crippen LogP contribution in [0.3, 0.4) is 0 Å². The highest BCUT2D eigenvalue weighted by atomic mass is 35.5. The minimum atomic E-state index is -1.40. The number of aliphatic hydroxyl groups is 1. The number of esters is 1. The van der Waals surface area contributed by atoms with Crippen LogP contribution < -0.4 is 4.90 Å². The Hall–Kier alpha value is -2.68. The van der Waals surface area contributed by atoms with E-state index >= 15 is 0 Å². The maximum atomic E-state index is 14.4. The number of anilines is 1. The second-order valence-corrected chi connectivity index (χ2v) is 11.3. The molecular formula is C28H33ClN2O6. The summed E-state index contributed by atoms with van der Waals surface area (Å²) in [5, 5.41) is 10.9. The Balaban J connectivity index is 1.67. The number of fused-ring (bicyclic) bond motifs is 2. The van der Waals surface area contributed by atoms with E-state index in [0.717, 1.165) is 0 Å². The molecule has 0 aliphatic carbocycles. The molecule has 5 rings (SSSR count). The van der Waals surface area contributed by atoms with Crippen LogP contribution in [0.2, 0.25) is 5.02 Å². The fraction of sp³-hybridized carbons (Fsp3) is 0.536. The molecule has 6 atom stereocenters. The Labute approximate surface area is 221 Å². The lowest BCUT2D eigenvalue weighted by molar-refractivity contribution is -0.160. The molecule has 2 saturated heterocycles. The first kappa shape index (κ1) is 25.9. The van der Waals surface area contributed by atoms with Crippen LogP contribution in [0.25, 0.3) is 0 Å². The van der Waals surface area contributed by atoms with Crippen molar-refractivity contribution in [1.82, 2.24) is 4.90 Å². The molecule has 9 heteroatoms. The molecule has 4 aliphatic rings. The summed E-state index contributed by atoms with van der Waals surface area (Å²) in [6.45, 7) is 5.94. The molecule has 0 bridgehead atoms. The number of nitrogens with zero attached hydrogens (tertiary/aromatic N) is 2. The standard InChI is InChI=1S/C28H33ClN2O6/c1-17(2)15-20(16-32)31-23-25(34)30(19-9-7-18(29)8-10-19)13-6-12-28(23)21(24(31)33)22-26(35)36-14-5-4-11-27(22,3)37-28/h4,6-12,17,20-23,32H,5,13-16H2,1-3H3/t20-,21+,22+,23?,27-,28+/m1/s1. The summed E-state index contributed by atoms with van der Waals surface area (Å²) in [6, 6.07) is 5.25. The van der Waals surface area contributed by atoms with E-state index in [1.807, 2.05) is 32.1 Å². The molecule has 37 heavy (non-hydrogen) atoms. The van der Waals surface area contributed by atoms with E-state index in [1.165, 1.54) is 4.90 Å². The van der Waals surface area contributed by atoms with E-state index < -0.39 is 41.1 Å². The van der Waals surface area contributed by atoms with Gasteiger partial charge in [-0.2, -0.15) is 0 Å². The van der Waals surface area contributed by atoms with Gasteiger partial charge in [0.1, 0.15) is 17.6 Å². The van der Waals surface area contributed by atoms with E-state index in [-0.39, 0.29) is 37.5 Å². The van der Waals surface area contributed by atoms with Crippen molar-refractivity contribution in [2.75, 3.05) is 24.7 Å². The van der Waals surface area contributed by atoms with Crippen LogP contribution >= 0.6 is 11.6 Å². The Morgan fingerprint density at radius 3 is 2.49 bits per heavy atom. The lowest BCUT2D eigenvalue weighted by Gasteiger charge is -2.40. The highest BCUT2D eigenvalue weighted by Crippen LogP contribution is 2.57. The van der Waals surface area contributed by atoms with Gasteiger partial charge in [0.05, 0.1) is 30.8 Å². The third-order valence-electron chi connectivity index (χ3n) is 7.94. The summed E-state index contributed by atoms with van der Waals surface area (Å²) < 4.78 is 12.3. The number of carbonyl (C=O) groups is 3. The third kappa shape index (κ3) is 4.10. The molecule has 1 aromatic carbocycles. The number of carbonyl (C=O) groups excluding carboxylic acids is 3. The van der Waals surface area contributed by atoms with Crippen molar-refractivity contribution in [3.63, 3.8) is 0 Å². The van der Waals surface area contributed by atoms with Gasteiger partial charge in [-0.05, 0) is 49.9 Å². The Bertz CT molecular complexity index is 1150. The second kappa shape index (κ2) is 9.57. The Morgan fingerprint density at radius 2 is 1.81 bits per heavy atom. The van der Waals surface area contributed by atoms with Gasteiger partial charge in [-0.25, -0.2) is 0 Å². The topological polar surface area (TPSA) is 96.4 Å². The van der Waals surface area contributed by atoms with Crippen molar-refractivity contribution in [1.29, 1.82) is 0 Å². The van der Waals surface area contributed by atoms with Crippen molar-refractivity contribution in [2.45, 2.75) is 56.9 Å². The van der Waals surface area contributed by atoms with Gasteiger partial charge in [0.25, 0.3) is 5.91 Å². The average Bonchev–Trinajstić information content (AvgIpc) is 3.17. The third-order valence-corrected chi connectivity index (χ3v) is 8.20. The number of cyclic esters (lactones) is 1. The zero-order valence-electron chi connectivity index (χ0n) is 21.3. The predicted octanol–water partition coefficient (Wildman–Crippen LogP) is 3.12. The predicted molar refractivity (Wildman–Crippen MR) is 138 cm³/mol. The molecule has 4 aliphatic heterocycles. The first-order chi connectivity index (χ1) is 17.6. The summed E-state index contributed by atoms with van der Waals surface area (Å²) in [5.74, 6) is -2.95. The number of rotatable bonds is 5. The molecule has 4 heterocycles. The molecule has 1 aromatic rings. The zero-order valence-corrected chi connectivity index (χ0v) is 22.1. The average molecular weight is 529 g/mol. The van der Waals surface area contributed by atoms with Gasteiger partial charge in [-0.3, -0.25) is 14.4 Å². The number of ether oxygens (including phenoxy) is 2. The molecule has 1 spiro atoms. The van der Waals surface area contributed by atoms with Crippen LogP contribution in [-0.2, 0) is 23.9 Å². The van der Waals surface area contributed by atoms with Gasteiger partial charge < -0.3 is 24.4 Å². The monoisotopic (exact) mass is 528 g/mol. The number of halogens is 1. The van der Waals surface area contributed by atoms with Crippen molar-refractivity contribution in [3.05, 3.63) is 53.6 Å². The molecule has 1 unspecified atom stereocenters. The zero-order chi connectivity index (χ0) is 26.5. The van der Waals surface area contributed by atoms with Crippen molar-refractivity contribution in [2.24, 2.45) is 17.8 Å². The maximum Gasteiger partial charge on any atom is 0.313 e. The molecule has 0 saturated carbocycles. The highest BCUT2D eigenvalue weighted by molar-refractivity contribution is 6.30. The van der Waals surface area contributed by atoms with Crippen LogP contribution in [0, 0.1) is 17.8 Å². The van der Waals surface area contributed by atoms with E-state index in [0.29, 0.717) is 23.6 Å². The summed E-state index contributed by atoms with van der Waals surface area (Å²) in [6.07, 6.45) is 8.37. The van der Waals surface area contributed by atoms with E-state index in [4.69, 9.17) is 21.1 Å². The first-order valence-electron chi connectivity index (χ1n) is 12.8. The van der Waals surface area contributed by atoms with Crippen LogP contribution in [0.5, 0.6) is 0 Å². The summed E-state index contributed by atoms with van der Waals surface area (Å²) in [5.41, 5.74) is -1.90. The number of aliphatic hydroxyl groups excluding tert-OH is 1. The fourth-order valence-corrected chi connectivity index (χ4v) is 6.62.